The number of fused-ring (bicyclic) bond motifs is 2. The van der Waals surface area contributed by atoms with Gasteiger partial charge in [0.05, 0.1) is 4.90 Å². The van der Waals surface area contributed by atoms with E-state index in [-0.39, 0.29) is 20.6 Å². The first kappa shape index (κ1) is 16.9. The van der Waals surface area contributed by atoms with Gasteiger partial charge in [0, 0.05) is 21.7 Å². The molecule has 1 aliphatic carbocycles. The number of aryl methyl sites for hydroxylation is 1. The number of rotatable bonds is 2. The Hall–Kier alpha value is 0.0900. The average molecular weight is 451 g/mol. The van der Waals surface area contributed by atoms with Crippen molar-refractivity contribution in [2.75, 3.05) is 6.54 Å². The van der Waals surface area contributed by atoms with Crippen LogP contribution in [0.15, 0.2) is 29.2 Å². The highest BCUT2D eigenvalue weighted by molar-refractivity contribution is 9.10. The predicted octanol–water partition coefficient (Wildman–Crippen LogP) is 4.09. The minimum atomic E-state index is -3.45. The lowest BCUT2D eigenvalue weighted by Crippen LogP contribution is -2.46. The van der Waals surface area contributed by atoms with E-state index in [1.165, 1.54) is 0 Å². The normalized spacial score (nSPS) is 39.1. The molecule has 22 heavy (non-hydrogen) atoms. The summed E-state index contributed by atoms with van der Waals surface area (Å²) in [6, 6.07) is 7.17. The molecule has 0 radical (unpaired) electrons. The lowest BCUT2D eigenvalue weighted by atomic mass is 9.69. The van der Waals surface area contributed by atoms with E-state index in [9.17, 15) is 8.42 Å². The summed E-state index contributed by atoms with van der Waals surface area (Å²) in [5.74, 6) is 0. The van der Waals surface area contributed by atoms with Crippen LogP contribution in [0, 0.1) is 12.3 Å². The summed E-state index contributed by atoms with van der Waals surface area (Å²) in [5.41, 5.74) is 1.03. The minimum absolute atomic E-state index is 0.0296. The van der Waals surface area contributed by atoms with Gasteiger partial charge in [-0.3, -0.25) is 0 Å². The molecule has 0 spiro atoms. The van der Waals surface area contributed by atoms with Gasteiger partial charge in [-0.1, -0.05) is 56.5 Å². The number of benzene rings is 1. The van der Waals surface area contributed by atoms with Crippen molar-refractivity contribution in [2.24, 2.45) is 5.41 Å². The molecule has 6 heteroatoms. The summed E-state index contributed by atoms with van der Waals surface area (Å²) in [4.78, 5) is 0.567. The van der Waals surface area contributed by atoms with E-state index >= 15 is 0 Å². The average Bonchev–Trinajstić information content (AvgIpc) is 2.76. The van der Waals surface area contributed by atoms with E-state index in [0.29, 0.717) is 11.4 Å². The van der Waals surface area contributed by atoms with Gasteiger partial charge in [-0.05, 0) is 44.2 Å². The van der Waals surface area contributed by atoms with E-state index in [4.69, 9.17) is 0 Å². The Balaban J connectivity index is 2.01. The monoisotopic (exact) mass is 449 g/mol. The molecule has 1 aromatic carbocycles. The number of sulfonamides is 1. The summed E-state index contributed by atoms with van der Waals surface area (Å²) in [7, 11) is -3.45. The summed E-state index contributed by atoms with van der Waals surface area (Å²) in [6.45, 7) is 6.90. The molecule has 2 fully saturated rings. The molecule has 0 N–H and O–H groups in total. The first-order valence-corrected chi connectivity index (χ1v) is 10.6. The summed E-state index contributed by atoms with van der Waals surface area (Å²) in [6.07, 6.45) is 1.81. The second-order valence-corrected chi connectivity index (χ2v) is 11.9. The standard InChI is InChI=1S/C16H21Br2NO2S/c1-11-4-6-12(7-5-11)22(20,21)19-10-15(2)9-14(19)13(17)8-16(15,3)18/h4-7,13-14H,8-10H2,1-3H3/t13-,14+,15-,16-/m1/s1. The SMILES string of the molecule is Cc1ccc(S(=O)(=O)N2C[C@@]3(C)C[C@H]2[C@H](Br)C[C@@]3(C)Br)cc1. The number of hydrogen-bond acceptors (Lipinski definition) is 2. The fourth-order valence-corrected chi connectivity index (χ4v) is 7.76. The van der Waals surface area contributed by atoms with E-state index in [0.717, 1.165) is 18.4 Å². The van der Waals surface area contributed by atoms with Crippen LogP contribution in [0.2, 0.25) is 0 Å². The van der Waals surface area contributed by atoms with Crippen molar-refractivity contribution in [2.45, 2.75) is 53.7 Å². The fourth-order valence-electron chi connectivity index (χ4n) is 3.63. The molecule has 2 aliphatic rings. The first-order valence-electron chi connectivity index (χ1n) is 7.48. The highest BCUT2D eigenvalue weighted by Crippen LogP contribution is 2.57. The molecule has 1 aromatic rings. The molecular weight excluding hydrogens is 430 g/mol. The van der Waals surface area contributed by atoms with E-state index in [1.807, 2.05) is 19.1 Å². The smallest absolute Gasteiger partial charge is 0.207 e. The van der Waals surface area contributed by atoms with Gasteiger partial charge in [-0.2, -0.15) is 4.31 Å². The molecule has 1 saturated carbocycles. The molecule has 0 amide bonds. The quantitative estimate of drug-likeness (QED) is 0.636. The van der Waals surface area contributed by atoms with E-state index in [1.54, 1.807) is 16.4 Å². The van der Waals surface area contributed by atoms with Crippen LogP contribution in [0.5, 0.6) is 0 Å². The molecule has 1 heterocycles. The van der Waals surface area contributed by atoms with Crippen molar-refractivity contribution in [3.63, 3.8) is 0 Å². The molecule has 122 valence electrons. The topological polar surface area (TPSA) is 37.4 Å². The van der Waals surface area contributed by atoms with Crippen molar-refractivity contribution >= 4 is 41.9 Å². The van der Waals surface area contributed by atoms with Crippen molar-refractivity contribution in [1.82, 2.24) is 4.31 Å². The van der Waals surface area contributed by atoms with Crippen LogP contribution >= 0.6 is 31.9 Å². The van der Waals surface area contributed by atoms with Gasteiger partial charge in [-0.25, -0.2) is 8.42 Å². The largest absolute Gasteiger partial charge is 0.243 e. The van der Waals surface area contributed by atoms with Gasteiger partial charge < -0.3 is 0 Å². The van der Waals surface area contributed by atoms with Crippen LogP contribution in [0.3, 0.4) is 0 Å². The van der Waals surface area contributed by atoms with Gasteiger partial charge in [0.2, 0.25) is 10.0 Å². The Bertz CT molecular complexity index is 687. The Labute approximate surface area is 149 Å². The zero-order chi connectivity index (χ0) is 16.3. The molecule has 3 nitrogen and oxygen atoms in total. The van der Waals surface area contributed by atoms with Gasteiger partial charge in [0.1, 0.15) is 0 Å². The lowest BCUT2D eigenvalue weighted by molar-refractivity contribution is 0.224. The molecule has 0 unspecified atom stereocenters. The third-order valence-corrected chi connectivity index (χ3v) is 9.52. The lowest BCUT2D eigenvalue weighted by Gasteiger charge is -2.44. The molecule has 4 atom stereocenters. The maximum atomic E-state index is 13.1. The van der Waals surface area contributed by atoms with Gasteiger partial charge in [-0.15, -0.1) is 0 Å². The first-order chi connectivity index (χ1) is 10.1. The van der Waals surface area contributed by atoms with Crippen LogP contribution < -0.4 is 0 Å². The van der Waals surface area contributed by atoms with Crippen molar-refractivity contribution < 1.29 is 8.42 Å². The molecule has 1 aliphatic heterocycles. The number of halogens is 2. The number of hydrogen-bond donors (Lipinski definition) is 0. The van der Waals surface area contributed by atoms with Crippen molar-refractivity contribution in [3.8, 4) is 0 Å². The predicted molar refractivity (Wildman–Crippen MR) is 96.2 cm³/mol. The molecule has 1 saturated heterocycles. The number of alkyl halides is 2. The Morgan fingerprint density at radius 2 is 1.77 bits per heavy atom. The molecule has 3 rings (SSSR count). The fraction of sp³-hybridized carbons (Fsp3) is 0.625. The van der Waals surface area contributed by atoms with Crippen LogP contribution in [-0.4, -0.2) is 34.5 Å². The second kappa shape index (κ2) is 5.30. The number of nitrogens with zero attached hydrogens (tertiary/aromatic N) is 1. The van der Waals surface area contributed by atoms with E-state index < -0.39 is 10.0 Å². The Kier molecular flexibility index (Phi) is 4.08. The third-order valence-electron chi connectivity index (χ3n) is 5.42. The highest BCUT2D eigenvalue weighted by Gasteiger charge is 2.60. The van der Waals surface area contributed by atoms with Crippen LogP contribution in [-0.2, 0) is 10.0 Å². The van der Waals surface area contributed by atoms with Gasteiger partial charge in [0.25, 0.3) is 0 Å². The Morgan fingerprint density at radius 1 is 1.18 bits per heavy atom. The zero-order valence-corrected chi connectivity index (χ0v) is 17.0. The Morgan fingerprint density at radius 3 is 2.36 bits per heavy atom. The van der Waals surface area contributed by atoms with Crippen molar-refractivity contribution in [1.29, 1.82) is 0 Å². The maximum Gasteiger partial charge on any atom is 0.243 e. The summed E-state index contributed by atoms with van der Waals surface area (Å²) >= 11 is 7.57. The summed E-state index contributed by atoms with van der Waals surface area (Å²) < 4.78 is 27.8. The maximum absolute atomic E-state index is 13.1. The van der Waals surface area contributed by atoms with Crippen molar-refractivity contribution in [3.05, 3.63) is 29.8 Å². The van der Waals surface area contributed by atoms with Crippen LogP contribution in [0.1, 0.15) is 32.3 Å². The van der Waals surface area contributed by atoms with Crippen LogP contribution in [0.25, 0.3) is 0 Å². The molecular formula is C16H21Br2NO2S. The van der Waals surface area contributed by atoms with Gasteiger partial charge in [0.15, 0.2) is 0 Å². The highest BCUT2D eigenvalue weighted by atomic mass is 79.9. The summed E-state index contributed by atoms with van der Waals surface area (Å²) in [5, 5.41) is 0. The zero-order valence-electron chi connectivity index (χ0n) is 13.0. The molecule has 2 bridgehead atoms. The third kappa shape index (κ3) is 2.50. The van der Waals surface area contributed by atoms with Crippen LogP contribution in [0.4, 0.5) is 0 Å². The van der Waals surface area contributed by atoms with Gasteiger partial charge >= 0.3 is 0 Å². The van der Waals surface area contributed by atoms with E-state index in [2.05, 4.69) is 45.7 Å². The molecule has 0 aromatic heterocycles. The minimum Gasteiger partial charge on any atom is -0.207 e. The second-order valence-electron chi connectivity index (χ2n) is 7.11.